The third kappa shape index (κ3) is 4.47. The van der Waals surface area contributed by atoms with Crippen LogP contribution in [0.1, 0.15) is 34.8 Å². The van der Waals surface area contributed by atoms with Crippen molar-refractivity contribution in [2.75, 3.05) is 6.54 Å². The second-order valence-electron chi connectivity index (χ2n) is 11.3. The van der Waals surface area contributed by atoms with Gasteiger partial charge in [0.05, 0.1) is 28.2 Å². The van der Waals surface area contributed by atoms with Gasteiger partial charge in [0, 0.05) is 50.9 Å². The smallest absolute Gasteiger partial charge is 0.305 e. The van der Waals surface area contributed by atoms with Crippen LogP contribution in [-0.2, 0) is 21.0 Å². The number of carbonyl (C=O) groups excluding carboxylic acids is 2. The number of thiazole rings is 1. The molecule has 7 rings (SSSR count). The third-order valence-corrected chi connectivity index (χ3v) is 12.2. The number of nitro groups is 1. The molecule has 43 heavy (non-hydrogen) atoms. The van der Waals surface area contributed by atoms with Crippen LogP contribution in [0.2, 0.25) is 5.02 Å². The molecule has 3 heterocycles. The molecule has 4 aliphatic rings. The molecule has 2 aliphatic heterocycles. The van der Waals surface area contributed by atoms with Gasteiger partial charge in [-0.15, -0.1) is 11.8 Å². The number of likely N-dealkylation sites (tertiary alicyclic amines) is 1. The molecule has 0 radical (unpaired) electrons. The maximum Gasteiger partial charge on any atom is 0.305 e. The molecule has 2 N–H and O–H groups in total. The maximum atomic E-state index is 13.6. The number of imide groups is 1. The van der Waals surface area contributed by atoms with Crippen molar-refractivity contribution in [2.45, 2.75) is 35.6 Å². The normalized spacial score (nSPS) is 28.5. The first-order valence-corrected chi connectivity index (χ1v) is 15.8. The summed E-state index contributed by atoms with van der Waals surface area (Å²) in [5, 5.41) is 22.1. The number of nitro benzene ring substituents is 1. The van der Waals surface area contributed by atoms with E-state index < -0.39 is 28.6 Å². The Morgan fingerprint density at radius 3 is 2.60 bits per heavy atom. The summed E-state index contributed by atoms with van der Waals surface area (Å²) >= 11 is 8.89. The van der Waals surface area contributed by atoms with Gasteiger partial charge in [0.15, 0.2) is 0 Å². The summed E-state index contributed by atoms with van der Waals surface area (Å²) in [6.07, 6.45) is 0.303. The Bertz CT molecular complexity index is 1760. The van der Waals surface area contributed by atoms with Gasteiger partial charge in [-0.05, 0) is 36.3 Å². The molecule has 0 unspecified atom stereocenters. The molecule has 2 amide bonds. The van der Waals surface area contributed by atoms with E-state index >= 15 is 0 Å². The van der Waals surface area contributed by atoms with Crippen LogP contribution < -0.4 is 9.61 Å². The number of hydrogen-bond donors (Lipinski definition) is 2. The van der Waals surface area contributed by atoms with E-state index in [9.17, 15) is 29.3 Å². The minimum Gasteiger partial charge on any atom is -0.489 e. The van der Waals surface area contributed by atoms with Crippen LogP contribution in [0, 0.1) is 39.7 Å². The van der Waals surface area contributed by atoms with Crippen LogP contribution >= 0.6 is 34.7 Å². The number of fused-ring (bicyclic) bond motifs is 9. The number of H-pyrrole nitrogens is 1. The first-order valence-electron chi connectivity index (χ1n) is 13.7. The Morgan fingerprint density at radius 2 is 1.88 bits per heavy atom. The molecule has 7 atom stereocenters. The minimum absolute atomic E-state index is 0.110. The van der Waals surface area contributed by atoms with E-state index in [1.807, 2.05) is 12.1 Å². The number of hydrogen-bond acceptors (Lipinski definition) is 9. The summed E-state index contributed by atoms with van der Waals surface area (Å²) in [4.78, 5) is 66.8. The van der Waals surface area contributed by atoms with Gasteiger partial charge in [-0.2, -0.15) is 0 Å². The van der Waals surface area contributed by atoms with Crippen LogP contribution in [0.15, 0.2) is 52.3 Å². The van der Waals surface area contributed by atoms with Gasteiger partial charge < -0.3 is 14.8 Å². The second kappa shape index (κ2) is 10.5. The van der Waals surface area contributed by atoms with Crippen LogP contribution in [-0.4, -0.2) is 49.5 Å². The highest BCUT2D eigenvalue weighted by atomic mass is 35.5. The number of carboxylic acid groups (broad SMARTS) is 1. The number of carboxylic acids is 1. The lowest BCUT2D eigenvalue weighted by Crippen LogP contribution is -2.42. The fourth-order valence-electron chi connectivity index (χ4n) is 7.65. The zero-order valence-corrected chi connectivity index (χ0v) is 24.7. The van der Waals surface area contributed by atoms with Crippen LogP contribution in [0.5, 0.6) is 5.75 Å². The fourth-order valence-corrected chi connectivity index (χ4v) is 10.7. The summed E-state index contributed by atoms with van der Waals surface area (Å²) in [6, 6.07) is 11.6. The first-order chi connectivity index (χ1) is 20.6. The lowest BCUT2D eigenvalue weighted by Gasteiger charge is -2.43. The first kappa shape index (κ1) is 28.1. The SMILES string of the molecule is O=C(O)CCN1C(=O)[C@@H]2[C@H]3C[C@@H]([C@@H]2C1=O)[C@@H]1[C@H](c2cc([N+](=O)[O-])ccc2OCc2ccccc2Cl)c2sc(=O)[nH]c2S[C@@H]31. The zero-order chi connectivity index (χ0) is 30.2. The predicted molar refractivity (Wildman–Crippen MR) is 156 cm³/mol. The van der Waals surface area contributed by atoms with Gasteiger partial charge in [-0.3, -0.25) is 34.2 Å². The number of carbonyl (C=O) groups is 3. The molecule has 2 aliphatic carbocycles. The molecule has 14 heteroatoms. The number of nitrogens with zero attached hydrogens (tertiary/aromatic N) is 2. The highest BCUT2D eigenvalue weighted by Gasteiger charge is 2.69. The zero-order valence-electron chi connectivity index (χ0n) is 22.3. The number of aliphatic carboxylic acids is 1. The molecule has 2 bridgehead atoms. The molecule has 11 nitrogen and oxygen atoms in total. The number of amides is 2. The average Bonchev–Trinajstić information content (AvgIpc) is 3.70. The van der Waals surface area contributed by atoms with E-state index in [2.05, 4.69) is 4.98 Å². The summed E-state index contributed by atoms with van der Waals surface area (Å²) in [5.74, 6) is -3.62. The number of halogens is 1. The van der Waals surface area contributed by atoms with Crippen molar-refractivity contribution in [1.82, 2.24) is 9.88 Å². The number of aromatic nitrogens is 1. The molecule has 3 fully saturated rings. The van der Waals surface area contributed by atoms with Gasteiger partial charge in [0.25, 0.3) is 5.69 Å². The molecule has 1 saturated heterocycles. The summed E-state index contributed by atoms with van der Waals surface area (Å²) in [5.41, 5.74) is 1.14. The number of aromatic amines is 1. The van der Waals surface area contributed by atoms with Crippen molar-refractivity contribution in [3.05, 3.63) is 83.3 Å². The molecule has 2 saturated carbocycles. The predicted octanol–water partition coefficient (Wildman–Crippen LogP) is 4.53. The lowest BCUT2D eigenvalue weighted by atomic mass is 9.68. The Hall–Kier alpha value is -3.68. The average molecular weight is 642 g/mol. The highest BCUT2D eigenvalue weighted by Crippen LogP contribution is 2.69. The fraction of sp³-hybridized carbons (Fsp3) is 0.379. The number of ether oxygens (including phenoxy) is 1. The Kier molecular flexibility index (Phi) is 6.86. The van der Waals surface area contributed by atoms with Gasteiger partial charge in [-0.25, -0.2) is 0 Å². The topological polar surface area (TPSA) is 160 Å². The quantitative estimate of drug-likeness (QED) is 0.205. The van der Waals surface area contributed by atoms with Gasteiger partial charge >= 0.3 is 10.8 Å². The molecular formula is C29H24ClN3O8S2. The van der Waals surface area contributed by atoms with E-state index in [0.29, 0.717) is 27.8 Å². The number of nitrogens with one attached hydrogen (secondary N) is 1. The van der Waals surface area contributed by atoms with E-state index in [1.54, 1.807) is 18.2 Å². The molecule has 0 spiro atoms. The minimum atomic E-state index is -1.09. The van der Waals surface area contributed by atoms with E-state index in [-0.39, 0.29) is 65.0 Å². The summed E-state index contributed by atoms with van der Waals surface area (Å²) < 4.78 is 6.26. The van der Waals surface area contributed by atoms with Crippen molar-refractivity contribution in [1.29, 1.82) is 0 Å². The number of non-ortho nitro benzene ring substituents is 1. The van der Waals surface area contributed by atoms with Gasteiger partial charge in [-0.1, -0.05) is 41.1 Å². The Balaban J connectivity index is 1.31. The molecule has 2 aromatic carbocycles. The highest BCUT2D eigenvalue weighted by molar-refractivity contribution is 8.00. The van der Waals surface area contributed by atoms with Crippen molar-refractivity contribution in [3.63, 3.8) is 0 Å². The summed E-state index contributed by atoms with van der Waals surface area (Å²) in [7, 11) is 0. The maximum absolute atomic E-state index is 13.6. The standard InChI is InChI=1S/C29H24ClN3O8S2/c30-17-4-2-1-3-12(17)11-41-18-6-5-13(33(39)40)9-14(18)20-21-15-10-16(24(21)42-26-25(20)43-29(38)31-26)23-22(15)27(36)32(28(23)37)8-7-19(34)35/h1-6,9,15-16,20-24H,7-8,10-11H2,(H,31,38)(H,34,35)/t15-,16-,20+,21-,22+,23-,24+/m1/s1. The van der Waals surface area contributed by atoms with E-state index in [4.69, 9.17) is 21.4 Å². The van der Waals surface area contributed by atoms with Crippen LogP contribution in [0.4, 0.5) is 5.69 Å². The molecule has 222 valence electrons. The van der Waals surface area contributed by atoms with Crippen molar-refractivity contribution < 1.29 is 29.2 Å². The lowest BCUT2D eigenvalue weighted by molar-refractivity contribution is -0.385. The largest absolute Gasteiger partial charge is 0.489 e. The monoisotopic (exact) mass is 641 g/mol. The summed E-state index contributed by atoms with van der Waals surface area (Å²) in [6.45, 7) is -0.0600. The number of benzene rings is 2. The van der Waals surface area contributed by atoms with Crippen molar-refractivity contribution in [3.8, 4) is 5.75 Å². The van der Waals surface area contributed by atoms with Crippen LogP contribution in [0.25, 0.3) is 0 Å². The van der Waals surface area contributed by atoms with Gasteiger partial charge in [0.1, 0.15) is 12.4 Å². The van der Waals surface area contributed by atoms with Crippen LogP contribution in [0.3, 0.4) is 0 Å². The molecular weight excluding hydrogens is 618 g/mol. The van der Waals surface area contributed by atoms with Gasteiger partial charge in [0.2, 0.25) is 11.8 Å². The van der Waals surface area contributed by atoms with E-state index in [0.717, 1.165) is 26.7 Å². The Morgan fingerprint density at radius 1 is 1.14 bits per heavy atom. The van der Waals surface area contributed by atoms with Crippen molar-refractivity contribution in [2.24, 2.45) is 29.6 Å². The number of thioether (sulfide) groups is 1. The Labute approximate surface area is 257 Å². The molecule has 1 aromatic heterocycles. The third-order valence-electron chi connectivity index (χ3n) is 9.24. The molecule has 3 aromatic rings. The van der Waals surface area contributed by atoms with E-state index in [1.165, 1.54) is 23.9 Å². The number of rotatable bonds is 8. The second-order valence-corrected chi connectivity index (χ2v) is 13.9. The van der Waals surface area contributed by atoms with Crippen molar-refractivity contribution >= 4 is 58.2 Å².